The van der Waals surface area contributed by atoms with Crippen molar-refractivity contribution in [2.45, 2.75) is 12.2 Å². The Morgan fingerprint density at radius 3 is 2.30 bits per heavy atom. The van der Waals surface area contributed by atoms with Crippen LogP contribution in [0.25, 0.3) is 0 Å². The molecule has 2 nitrogen and oxygen atoms in total. The molecule has 58 valence electrons. The molecule has 0 aromatic carbocycles. The van der Waals surface area contributed by atoms with E-state index in [0.29, 0.717) is 0 Å². The molecule has 0 aliphatic carbocycles. The van der Waals surface area contributed by atoms with E-state index in [9.17, 15) is 17.7 Å². The average molecular weight is 152 g/mol. The van der Waals surface area contributed by atoms with Gasteiger partial charge < -0.3 is 18.3 Å². The van der Waals surface area contributed by atoms with Crippen molar-refractivity contribution in [1.29, 1.82) is 0 Å². The van der Waals surface area contributed by atoms with Gasteiger partial charge in [-0.2, -0.15) is 0 Å². The summed E-state index contributed by atoms with van der Waals surface area (Å²) in [5, 5.41) is 2.13. The Bertz CT molecular complexity index is 157. The fourth-order valence-electron chi connectivity index (χ4n) is 0.895. The van der Waals surface area contributed by atoms with Gasteiger partial charge in [0.1, 0.15) is 0 Å². The third-order valence-electron chi connectivity index (χ3n) is 1.54. The van der Waals surface area contributed by atoms with Crippen LogP contribution in [0.3, 0.4) is 0 Å². The summed E-state index contributed by atoms with van der Waals surface area (Å²) in [5.74, 6) is -1.91. The quantitative estimate of drug-likeness (QED) is 0.551. The summed E-state index contributed by atoms with van der Waals surface area (Å²) in [6.45, 7) is -5.05. The molecule has 0 bridgehead atoms. The Morgan fingerprint density at radius 2 is 2.10 bits per heavy atom. The summed E-state index contributed by atoms with van der Waals surface area (Å²) >= 11 is 0. The van der Waals surface area contributed by atoms with E-state index in [2.05, 4.69) is 5.32 Å². The third-order valence-corrected chi connectivity index (χ3v) is 1.54. The molecule has 1 N–H and O–H groups in total. The first kappa shape index (κ1) is 7.43. The number of carbonyl (C=O) groups is 1. The maximum Gasteiger partial charge on any atom is 0.483 e. The highest BCUT2D eigenvalue weighted by Crippen LogP contribution is 2.31. The molecule has 0 aromatic rings. The lowest BCUT2D eigenvalue weighted by atomic mass is 9.72. The molecule has 0 spiro atoms. The van der Waals surface area contributed by atoms with E-state index in [0.717, 1.165) is 0 Å². The van der Waals surface area contributed by atoms with Crippen LogP contribution in [0, 0.1) is 0 Å². The molecule has 1 atom stereocenters. The molecule has 1 aliphatic rings. The Balaban J connectivity index is 2.53. The second-order valence-electron chi connectivity index (χ2n) is 2.39. The van der Waals surface area contributed by atoms with E-state index in [1.165, 1.54) is 0 Å². The van der Waals surface area contributed by atoms with Crippen LogP contribution >= 0.6 is 0 Å². The molecule has 1 heterocycles. The zero-order valence-corrected chi connectivity index (χ0v) is 5.11. The minimum absolute atomic E-state index is 0.234. The average Bonchev–Trinajstić information content (AvgIpc) is 2.11. The van der Waals surface area contributed by atoms with Gasteiger partial charge in [-0.25, -0.2) is 0 Å². The predicted molar refractivity (Wildman–Crippen MR) is 30.5 cm³/mol. The molecule has 1 rings (SSSR count). The summed E-state index contributed by atoms with van der Waals surface area (Å²) in [6, 6.07) is 0. The Kier molecular flexibility index (Phi) is 1.62. The molecule has 1 fully saturated rings. The van der Waals surface area contributed by atoms with Crippen LogP contribution in [0.5, 0.6) is 0 Å². The summed E-state index contributed by atoms with van der Waals surface area (Å²) in [4.78, 5) is 10.3. The molecular weight excluding hydrogens is 146 g/mol. The van der Waals surface area contributed by atoms with Crippen molar-refractivity contribution < 1.29 is 17.7 Å². The number of carbonyl (C=O) groups excluding carboxylic acids is 1. The van der Waals surface area contributed by atoms with Gasteiger partial charge in [-0.3, -0.25) is 4.79 Å². The van der Waals surface area contributed by atoms with Crippen LogP contribution in [-0.4, -0.2) is 19.4 Å². The van der Waals surface area contributed by atoms with Crippen LogP contribution in [0.4, 0.5) is 12.9 Å². The molecule has 1 amide bonds. The number of hydrogen-bond acceptors (Lipinski definition) is 1. The highest BCUT2D eigenvalue weighted by Gasteiger charge is 2.39. The van der Waals surface area contributed by atoms with Crippen molar-refractivity contribution in [3.8, 4) is 0 Å². The fraction of sp³-hybridized carbons (Fsp3) is 0.750. The molecule has 0 aromatic heterocycles. The zero-order chi connectivity index (χ0) is 7.78. The lowest BCUT2D eigenvalue weighted by molar-refractivity contribution is -0.119. The maximum absolute atomic E-state index is 11.8. The highest BCUT2D eigenvalue weighted by atomic mass is 19.4. The molecule has 1 unspecified atom stereocenters. The Labute approximate surface area is 55.8 Å². The number of rotatable bonds is 1. The maximum atomic E-state index is 11.8. The normalized spacial score (nSPS) is 26.7. The number of amides is 1. The largest absolute Gasteiger partial charge is 0.483 e. The van der Waals surface area contributed by atoms with E-state index >= 15 is 0 Å². The Morgan fingerprint density at radius 1 is 1.50 bits per heavy atom. The van der Waals surface area contributed by atoms with E-state index in [1.807, 2.05) is 0 Å². The van der Waals surface area contributed by atoms with Gasteiger partial charge in [-0.15, -0.1) is 0 Å². The van der Waals surface area contributed by atoms with Crippen LogP contribution < -0.4 is 5.32 Å². The monoisotopic (exact) mass is 152 g/mol. The minimum Gasteiger partial charge on any atom is -0.449 e. The van der Waals surface area contributed by atoms with Gasteiger partial charge in [-0.05, 0) is 12.4 Å². The standard InChI is InChI=1S/C4H6BF3NO/c6-5(7,8)3-1-4(10)9-2-3/h3H,1-2H2,(H,9,10)/q-1. The smallest absolute Gasteiger partial charge is 0.449 e. The van der Waals surface area contributed by atoms with E-state index in [-0.39, 0.29) is 13.0 Å². The van der Waals surface area contributed by atoms with E-state index < -0.39 is 18.7 Å². The van der Waals surface area contributed by atoms with Crippen molar-refractivity contribution in [2.24, 2.45) is 0 Å². The van der Waals surface area contributed by atoms with Crippen molar-refractivity contribution >= 4 is 12.9 Å². The first-order valence-electron chi connectivity index (χ1n) is 2.97. The lowest BCUT2D eigenvalue weighted by Crippen LogP contribution is -2.25. The fourth-order valence-corrected chi connectivity index (χ4v) is 0.895. The van der Waals surface area contributed by atoms with Gasteiger partial charge in [-0.1, -0.05) is 0 Å². The van der Waals surface area contributed by atoms with Crippen LogP contribution in [0.1, 0.15) is 6.42 Å². The molecular formula is C4H6BF3NO-. The first-order valence-corrected chi connectivity index (χ1v) is 2.97. The number of halogens is 3. The molecule has 10 heavy (non-hydrogen) atoms. The molecule has 1 saturated heterocycles. The van der Waals surface area contributed by atoms with Crippen molar-refractivity contribution in [3.63, 3.8) is 0 Å². The van der Waals surface area contributed by atoms with Gasteiger partial charge in [0, 0.05) is 6.42 Å². The highest BCUT2D eigenvalue weighted by molar-refractivity contribution is 6.60. The predicted octanol–water partition coefficient (Wildman–Crippen LogP) is 0.724. The number of hydrogen-bond donors (Lipinski definition) is 1. The SMILES string of the molecule is O=C1CC([B-](F)(F)F)CN1. The summed E-state index contributed by atoms with van der Waals surface area (Å²) in [6.07, 6.45) is -0.385. The zero-order valence-electron chi connectivity index (χ0n) is 5.11. The van der Waals surface area contributed by atoms with Crippen molar-refractivity contribution in [3.05, 3.63) is 0 Å². The third kappa shape index (κ3) is 1.43. The van der Waals surface area contributed by atoms with Crippen molar-refractivity contribution in [2.75, 3.05) is 6.54 Å². The summed E-state index contributed by atoms with van der Waals surface area (Å²) < 4.78 is 35.4. The van der Waals surface area contributed by atoms with E-state index in [1.54, 1.807) is 0 Å². The van der Waals surface area contributed by atoms with E-state index in [4.69, 9.17) is 0 Å². The number of nitrogens with one attached hydrogen (secondary N) is 1. The lowest BCUT2D eigenvalue weighted by Gasteiger charge is -2.19. The van der Waals surface area contributed by atoms with Gasteiger partial charge in [0.05, 0.1) is 0 Å². The van der Waals surface area contributed by atoms with Gasteiger partial charge in [0.2, 0.25) is 5.91 Å². The molecule has 0 radical (unpaired) electrons. The minimum atomic E-state index is -4.82. The van der Waals surface area contributed by atoms with Crippen molar-refractivity contribution in [1.82, 2.24) is 5.32 Å². The first-order chi connectivity index (χ1) is 4.50. The van der Waals surface area contributed by atoms with Crippen LogP contribution in [0.15, 0.2) is 0 Å². The van der Waals surface area contributed by atoms with Gasteiger partial charge in [0.15, 0.2) is 0 Å². The molecule has 0 saturated carbocycles. The van der Waals surface area contributed by atoms with Crippen LogP contribution in [-0.2, 0) is 4.79 Å². The summed E-state index contributed by atoms with van der Waals surface area (Å²) in [5.41, 5.74) is 0. The topological polar surface area (TPSA) is 29.1 Å². The molecule has 1 aliphatic heterocycles. The Hall–Kier alpha value is -0.675. The molecule has 6 heteroatoms. The van der Waals surface area contributed by atoms with Gasteiger partial charge in [0.25, 0.3) is 0 Å². The second-order valence-corrected chi connectivity index (χ2v) is 2.39. The second kappa shape index (κ2) is 2.18. The summed E-state index contributed by atoms with van der Waals surface area (Å²) in [7, 11) is 0. The van der Waals surface area contributed by atoms with Gasteiger partial charge >= 0.3 is 6.98 Å². The van der Waals surface area contributed by atoms with Crippen LogP contribution in [0.2, 0.25) is 5.82 Å².